The Bertz CT molecular complexity index is 850. The summed E-state index contributed by atoms with van der Waals surface area (Å²) in [5.74, 6) is -1.58. The Labute approximate surface area is 194 Å². The van der Waals surface area contributed by atoms with Gasteiger partial charge >= 0.3 is 19.7 Å². The zero-order chi connectivity index (χ0) is 24.6. The van der Waals surface area contributed by atoms with Crippen molar-refractivity contribution in [3.8, 4) is 0 Å². The van der Waals surface area contributed by atoms with E-state index in [4.69, 9.17) is 14.8 Å². The van der Waals surface area contributed by atoms with E-state index in [-0.39, 0.29) is 18.9 Å². The van der Waals surface area contributed by atoms with Gasteiger partial charge in [0.1, 0.15) is 18.7 Å². The van der Waals surface area contributed by atoms with E-state index in [0.717, 1.165) is 11.1 Å². The van der Waals surface area contributed by atoms with E-state index in [2.05, 4.69) is 10.6 Å². The summed E-state index contributed by atoms with van der Waals surface area (Å²) in [4.78, 5) is 36.6. The molecule has 0 fully saturated rings. The van der Waals surface area contributed by atoms with Gasteiger partial charge in [-0.25, -0.2) is 9.59 Å². The molecule has 0 aliphatic rings. The number of carbonyl (C=O) groups is 3. The van der Waals surface area contributed by atoms with Crippen molar-refractivity contribution in [3.63, 3.8) is 0 Å². The number of nitrogens with one attached hydrogen (secondary N) is 2. The minimum absolute atomic E-state index is 0.0778. The lowest BCUT2D eigenvalue weighted by molar-refractivity contribution is -0.142. The fourth-order valence-corrected chi connectivity index (χ4v) is 2.93. The lowest BCUT2D eigenvalue weighted by atomic mass is 10.0. The Morgan fingerprint density at radius 3 is 1.88 bits per heavy atom. The first-order chi connectivity index (χ1) is 15.8. The van der Waals surface area contributed by atoms with Gasteiger partial charge in [-0.1, -0.05) is 74.5 Å². The number of carbonyl (C=O) groups excluding carboxylic acids is 2. The molecule has 5 N–H and O–H groups in total. The molecule has 0 bridgehead atoms. The van der Waals surface area contributed by atoms with Crippen LogP contribution in [-0.4, -0.2) is 52.9 Å². The van der Waals surface area contributed by atoms with Crippen LogP contribution in [0.4, 0.5) is 4.79 Å². The highest BCUT2D eigenvalue weighted by molar-refractivity contribution is 6.13. The molecule has 9 nitrogen and oxygen atoms in total. The highest BCUT2D eigenvalue weighted by Gasteiger charge is 2.27. The van der Waals surface area contributed by atoms with E-state index in [9.17, 15) is 19.5 Å². The Morgan fingerprint density at radius 2 is 1.39 bits per heavy atom. The van der Waals surface area contributed by atoms with Crippen molar-refractivity contribution < 1.29 is 34.3 Å². The quantitative estimate of drug-likeness (QED) is 0.338. The van der Waals surface area contributed by atoms with Crippen LogP contribution in [0.1, 0.15) is 31.4 Å². The Morgan fingerprint density at radius 1 is 0.879 bits per heavy atom. The molecule has 0 aromatic heterocycles. The number of aliphatic carboxylic acids is 1. The summed E-state index contributed by atoms with van der Waals surface area (Å²) in [7, 11) is -0.750. The fourth-order valence-electron chi connectivity index (χ4n) is 2.93. The molecule has 2 rings (SSSR count). The van der Waals surface area contributed by atoms with Gasteiger partial charge in [0, 0.05) is 6.42 Å². The number of benzene rings is 2. The molecule has 0 aliphatic heterocycles. The van der Waals surface area contributed by atoms with Crippen molar-refractivity contribution in [2.45, 2.75) is 45.4 Å². The number of hydrogen-bond donors (Lipinski definition) is 5. The first kappa shape index (κ1) is 27.7. The number of hydrogen-bond acceptors (Lipinski definition) is 6. The standard InChI is InChI=1S/C23H28N2O5.BH3O2/c1-16(2)13-19(25-23(29)30-15-18-11-7-4-8-12-18)21(26)24-20(22(27)28)14-17-9-5-3-6-10-17;2-1-3/h3-12,16,19-20H,13-15H2,1-2H3,(H,24,26)(H,25,29)(H,27,28);1-3H/t19-,20-;/m0./s1. The average Bonchev–Trinajstić information content (AvgIpc) is 2.78. The summed E-state index contributed by atoms with van der Waals surface area (Å²) < 4.78 is 5.19. The summed E-state index contributed by atoms with van der Waals surface area (Å²) >= 11 is 0. The number of carboxylic acids is 1. The molecule has 0 radical (unpaired) electrons. The molecule has 2 amide bonds. The maximum atomic E-state index is 12.7. The van der Waals surface area contributed by atoms with E-state index in [1.54, 1.807) is 12.1 Å². The number of ether oxygens (including phenoxy) is 1. The van der Waals surface area contributed by atoms with Crippen LogP contribution in [0.2, 0.25) is 0 Å². The molecule has 0 saturated carbocycles. The molecule has 2 aromatic carbocycles. The van der Waals surface area contributed by atoms with E-state index >= 15 is 0 Å². The van der Waals surface area contributed by atoms with Gasteiger partial charge in [-0.3, -0.25) is 4.79 Å². The molecular formula is C23H31BN2O7. The van der Waals surface area contributed by atoms with Crippen LogP contribution in [0, 0.1) is 5.92 Å². The molecule has 0 heterocycles. The summed E-state index contributed by atoms with van der Waals surface area (Å²) in [5, 5.41) is 28.9. The summed E-state index contributed by atoms with van der Waals surface area (Å²) in [5.41, 5.74) is 1.62. The smallest absolute Gasteiger partial charge is 0.432 e. The summed E-state index contributed by atoms with van der Waals surface area (Å²) in [6.07, 6.45) is -0.229. The molecule has 178 valence electrons. The maximum absolute atomic E-state index is 12.7. The number of amides is 2. The molecule has 33 heavy (non-hydrogen) atoms. The van der Waals surface area contributed by atoms with Gasteiger partial charge in [-0.05, 0) is 23.5 Å². The summed E-state index contributed by atoms with van der Waals surface area (Å²) in [6, 6.07) is 16.2. The lowest BCUT2D eigenvalue weighted by Gasteiger charge is -2.22. The van der Waals surface area contributed by atoms with Gasteiger partial charge in [0.15, 0.2) is 0 Å². The van der Waals surface area contributed by atoms with Gasteiger partial charge in [0.05, 0.1) is 0 Å². The van der Waals surface area contributed by atoms with Crippen molar-refractivity contribution >= 4 is 25.7 Å². The van der Waals surface area contributed by atoms with E-state index in [1.165, 1.54) is 0 Å². The number of alkyl carbamates (subject to hydrolysis) is 1. The molecule has 0 spiro atoms. The van der Waals surface area contributed by atoms with Crippen LogP contribution in [0.25, 0.3) is 0 Å². The van der Waals surface area contributed by atoms with Gasteiger partial charge in [-0.2, -0.15) is 0 Å². The maximum Gasteiger partial charge on any atom is 0.432 e. The minimum atomic E-state index is -1.14. The zero-order valence-electron chi connectivity index (χ0n) is 18.8. The molecule has 2 atom stereocenters. The Hall–Kier alpha value is -3.37. The van der Waals surface area contributed by atoms with Crippen LogP contribution in [0.3, 0.4) is 0 Å². The van der Waals surface area contributed by atoms with Crippen molar-refractivity contribution in [1.29, 1.82) is 0 Å². The molecule has 0 aliphatic carbocycles. The Balaban J connectivity index is 0.00000172. The minimum Gasteiger partial charge on any atom is -0.480 e. The van der Waals surface area contributed by atoms with Crippen LogP contribution in [0.5, 0.6) is 0 Å². The van der Waals surface area contributed by atoms with Crippen LogP contribution in [-0.2, 0) is 27.4 Å². The molecule has 0 saturated heterocycles. The topological polar surface area (TPSA) is 145 Å². The van der Waals surface area contributed by atoms with E-state index in [0.29, 0.717) is 6.42 Å². The third-order valence-corrected chi connectivity index (χ3v) is 4.43. The van der Waals surface area contributed by atoms with Gasteiger partial charge < -0.3 is 30.5 Å². The van der Waals surface area contributed by atoms with Crippen molar-refractivity contribution in [2.24, 2.45) is 5.92 Å². The van der Waals surface area contributed by atoms with Crippen molar-refractivity contribution in [3.05, 3.63) is 71.8 Å². The monoisotopic (exact) mass is 458 g/mol. The largest absolute Gasteiger partial charge is 0.480 e. The second kappa shape index (κ2) is 15.4. The van der Waals surface area contributed by atoms with Gasteiger partial charge in [0.2, 0.25) is 5.91 Å². The lowest BCUT2D eigenvalue weighted by Crippen LogP contribution is -2.52. The SMILES string of the molecule is CC(C)C[C@H](NC(=O)OCc1ccccc1)C(=O)N[C@@H](Cc1ccccc1)C(=O)O.OBO. The molecule has 0 unspecified atom stereocenters. The molecule has 2 aromatic rings. The normalized spacial score (nSPS) is 11.9. The van der Waals surface area contributed by atoms with Crippen LogP contribution in [0.15, 0.2) is 60.7 Å². The molecule has 10 heteroatoms. The first-order valence-corrected chi connectivity index (χ1v) is 10.5. The van der Waals surface area contributed by atoms with Crippen molar-refractivity contribution in [1.82, 2.24) is 10.6 Å². The predicted molar refractivity (Wildman–Crippen MR) is 124 cm³/mol. The number of rotatable bonds is 10. The van der Waals surface area contributed by atoms with Crippen LogP contribution < -0.4 is 10.6 Å². The average molecular weight is 458 g/mol. The second-order valence-corrected chi connectivity index (χ2v) is 7.62. The second-order valence-electron chi connectivity index (χ2n) is 7.62. The van der Waals surface area contributed by atoms with Gasteiger partial charge in [-0.15, -0.1) is 0 Å². The third-order valence-electron chi connectivity index (χ3n) is 4.43. The predicted octanol–water partition coefficient (Wildman–Crippen LogP) is 1.38. The highest BCUT2D eigenvalue weighted by atomic mass is 16.5. The first-order valence-electron chi connectivity index (χ1n) is 10.5. The molecular weight excluding hydrogens is 427 g/mol. The Kier molecular flexibility index (Phi) is 12.9. The van der Waals surface area contributed by atoms with Gasteiger partial charge in [0.25, 0.3) is 0 Å². The number of carboxylic acid groups (broad SMARTS) is 1. The van der Waals surface area contributed by atoms with E-state index in [1.807, 2.05) is 62.4 Å². The summed E-state index contributed by atoms with van der Waals surface area (Å²) in [6.45, 7) is 3.90. The van der Waals surface area contributed by atoms with Crippen LogP contribution >= 0.6 is 0 Å². The van der Waals surface area contributed by atoms with E-state index < -0.39 is 37.7 Å². The zero-order valence-corrected chi connectivity index (χ0v) is 18.8. The third kappa shape index (κ3) is 11.7. The van der Waals surface area contributed by atoms with Crippen molar-refractivity contribution in [2.75, 3.05) is 0 Å². The fraction of sp³-hybridized carbons (Fsp3) is 0.348. The highest BCUT2D eigenvalue weighted by Crippen LogP contribution is 2.09.